The van der Waals surface area contributed by atoms with Crippen molar-refractivity contribution >= 4 is 5.69 Å². The van der Waals surface area contributed by atoms with Gasteiger partial charge in [-0.15, -0.1) is 0 Å². The number of aryl methyl sites for hydroxylation is 1. The van der Waals surface area contributed by atoms with Gasteiger partial charge in [-0.2, -0.15) is 0 Å². The molecule has 0 saturated carbocycles. The molecule has 0 saturated heterocycles. The first kappa shape index (κ1) is 14.2. The highest BCUT2D eigenvalue weighted by molar-refractivity contribution is 5.55. The summed E-state index contributed by atoms with van der Waals surface area (Å²) in [5, 5.41) is 3.65. The number of para-hydroxylation sites is 1. The minimum atomic E-state index is 1.20. The molecule has 0 spiro atoms. The minimum Gasteiger partial charge on any atom is -0.359 e. The van der Waals surface area contributed by atoms with Gasteiger partial charge in [-0.25, -0.2) is 0 Å². The largest absolute Gasteiger partial charge is 0.359 e. The van der Waals surface area contributed by atoms with E-state index >= 15 is 0 Å². The third-order valence-corrected chi connectivity index (χ3v) is 3.90. The van der Waals surface area contributed by atoms with Gasteiger partial charge in [-0.05, 0) is 50.2 Å². The first-order valence-electron chi connectivity index (χ1n) is 7.94. The van der Waals surface area contributed by atoms with Crippen molar-refractivity contribution < 1.29 is 0 Å². The monoisotopic (exact) mass is 257 g/mol. The normalized spacial score (nSPS) is 15.1. The molecule has 0 bridgehead atoms. The summed E-state index contributed by atoms with van der Waals surface area (Å²) in [6.07, 6.45) is 14.0. The molecule has 0 atom stereocenters. The summed E-state index contributed by atoms with van der Waals surface area (Å²) in [5.74, 6) is 0. The molecule has 1 aromatic rings. The highest BCUT2D eigenvalue weighted by atomic mass is 14.9. The Bertz CT molecular complexity index is 406. The molecule has 0 unspecified atom stereocenters. The van der Waals surface area contributed by atoms with Crippen molar-refractivity contribution in [3.8, 4) is 0 Å². The van der Waals surface area contributed by atoms with Crippen LogP contribution in [-0.2, 0) is 6.42 Å². The second-order valence-electron chi connectivity index (χ2n) is 5.57. The maximum Gasteiger partial charge on any atom is 0.0414 e. The molecule has 0 aromatic heterocycles. The predicted molar refractivity (Wildman–Crippen MR) is 84.5 cm³/mol. The van der Waals surface area contributed by atoms with Crippen molar-refractivity contribution in [3.63, 3.8) is 0 Å². The molecule has 0 fully saturated rings. The Morgan fingerprint density at radius 2 is 1.95 bits per heavy atom. The molecule has 0 aliphatic heterocycles. The number of nitrogens with one attached hydrogen (secondary N) is 1. The molecule has 0 amide bonds. The molecule has 2 rings (SSSR count). The Morgan fingerprint density at radius 3 is 2.74 bits per heavy atom. The number of hydrogen-bond acceptors (Lipinski definition) is 1. The number of unbranched alkanes of at least 4 members (excludes halogenated alkanes) is 3. The van der Waals surface area contributed by atoms with Crippen molar-refractivity contribution in [2.45, 2.75) is 64.7 Å². The van der Waals surface area contributed by atoms with Gasteiger partial charge in [0, 0.05) is 11.4 Å². The number of benzene rings is 1. The summed E-state index contributed by atoms with van der Waals surface area (Å²) in [5.41, 5.74) is 4.23. The zero-order chi connectivity index (χ0) is 13.3. The number of allylic oxidation sites excluding steroid dienone is 2. The molecule has 104 valence electrons. The smallest absolute Gasteiger partial charge is 0.0414 e. The lowest BCUT2D eigenvalue weighted by Crippen LogP contribution is -2.05. The Morgan fingerprint density at radius 1 is 1.05 bits per heavy atom. The fraction of sp³-hybridized carbons (Fsp3) is 0.556. The third kappa shape index (κ3) is 4.74. The zero-order valence-corrected chi connectivity index (χ0v) is 12.3. The molecular formula is C18H27N. The van der Waals surface area contributed by atoms with E-state index in [-0.39, 0.29) is 0 Å². The van der Waals surface area contributed by atoms with Crippen LogP contribution in [0, 0.1) is 0 Å². The van der Waals surface area contributed by atoms with Crippen molar-refractivity contribution in [2.24, 2.45) is 0 Å². The second kappa shape index (κ2) is 8.04. The predicted octanol–water partition coefficient (Wildman–Crippen LogP) is 5.68. The maximum absolute atomic E-state index is 3.65. The molecule has 1 aliphatic carbocycles. The van der Waals surface area contributed by atoms with E-state index in [1.54, 1.807) is 0 Å². The molecule has 0 heterocycles. The van der Waals surface area contributed by atoms with Crippen LogP contribution in [0.2, 0.25) is 0 Å². The zero-order valence-electron chi connectivity index (χ0n) is 12.3. The SMILES string of the molecule is CCCCCCc1ccccc1NC1=CCCCC1. The summed E-state index contributed by atoms with van der Waals surface area (Å²) in [7, 11) is 0. The average molecular weight is 257 g/mol. The highest BCUT2D eigenvalue weighted by Gasteiger charge is 2.06. The van der Waals surface area contributed by atoms with Crippen molar-refractivity contribution in [3.05, 3.63) is 41.6 Å². The van der Waals surface area contributed by atoms with Crippen molar-refractivity contribution in [1.82, 2.24) is 0 Å². The Hall–Kier alpha value is -1.24. The summed E-state index contributed by atoms with van der Waals surface area (Å²) in [4.78, 5) is 0. The Kier molecular flexibility index (Phi) is 6.00. The van der Waals surface area contributed by atoms with Gasteiger partial charge in [0.1, 0.15) is 0 Å². The van der Waals surface area contributed by atoms with Crippen LogP contribution in [0.3, 0.4) is 0 Å². The van der Waals surface area contributed by atoms with Crippen LogP contribution in [0.15, 0.2) is 36.0 Å². The van der Waals surface area contributed by atoms with E-state index in [0.29, 0.717) is 0 Å². The van der Waals surface area contributed by atoms with Gasteiger partial charge in [0.2, 0.25) is 0 Å². The first-order valence-corrected chi connectivity index (χ1v) is 7.94. The van der Waals surface area contributed by atoms with Crippen LogP contribution in [0.5, 0.6) is 0 Å². The van der Waals surface area contributed by atoms with E-state index in [4.69, 9.17) is 0 Å². The summed E-state index contributed by atoms with van der Waals surface area (Å²) < 4.78 is 0. The molecule has 0 radical (unpaired) electrons. The molecule has 1 N–H and O–H groups in total. The van der Waals surface area contributed by atoms with Gasteiger partial charge in [-0.3, -0.25) is 0 Å². The number of rotatable bonds is 7. The highest BCUT2D eigenvalue weighted by Crippen LogP contribution is 2.24. The van der Waals surface area contributed by atoms with Crippen molar-refractivity contribution in [1.29, 1.82) is 0 Å². The third-order valence-electron chi connectivity index (χ3n) is 3.90. The fourth-order valence-corrected chi connectivity index (χ4v) is 2.73. The van der Waals surface area contributed by atoms with Crippen LogP contribution in [0.1, 0.15) is 63.9 Å². The Balaban J connectivity index is 1.93. The quantitative estimate of drug-likeness (QED) is 0.620. The fourth-order valence-electron chi connectivity index (χ4n) is 2.73. The molecule has 1 heteroatoms. The van der Waals surface area contributed by atoms with E-state index in [0.717, 1.165) is 0 Å². The van der Waals surface area contributed by atoms with E-state index in [9.17, 15) is 0 Å². The minimum absolute atomic E-state index is 1.20. The van der Waals surface area contributed by atoms with E-state index in [1.807, 2.05) is 0 Å². The van der Waals surface area contributed by atoms with E-state index in [2.05, 4.69) is 42.6 Å². The molecule has 1 aromatic carbocycles. The molecule has 1 nitrogen and oxygen atoms in total. The molecular weight excluding hydrogens is 230 g/mol. The standard InChI is InChI=1S/C18H27N/c1-2-3-4-6-11-16-12-9-10-15-18(16)19-17-13-7-5-8-14-17/h9-10,12-13,15,19H,2-8,11,14H2,1H3. The van der Waals surface area contributed by atoms with Crippen LogP contribution >= 0.6 is 0 Å². The molecule has 19 heavy (non-hydrogen) atoms. The number of anilines is 1. The van der Waals surface area contributed by atoms with E-state index in [1.165, 1.54) is 74.7 Å². The van der Waals surface area contributed by atoms with Gasteiger partial charge < -0.3 is 5.32 Å². The topological polar surface area (TPSA) is 12.0 Å². The van der Waals surface area contributed by atoms with Crippen molar-refractivity contribution in [2.75, 3.05) is 5.32 Å². The van der Waals surface area contributed by atoms with Gasteiger partial charge in [0.15, 0.2) is 0 Å². The van der Waals surface area contributed by atoms with E-state index < -0.39 is 0 Å². The second-order valence-corrected chi connectivity index (χ2v) is 5.57. The Labute approximate surface area is 118 Å². The lowest BCUT2D eigenvalue weighted by Gasteiger charge is -2.17. The van der Waals surface area contributed by atoms with Gasteiger partial charge in [0.05, 0.1) is 0 Å². The van der Waals surface area contributed by atoms with Crippen LogP contribution in [0.4, 0.5) is 5.69 Å². The number of hydrogen-bond donors (Lipinski definition) is 1. The molecule has 1 aliphatic rings. The first-order chi connectivity index (χ1) is 9.40. The summed E-state index contributed by atoms with van der Waals surface area (Å²) in [6, 6.07) is 8.80. The van der Waals surface area contributed by atoms with Gasteiger partial charge >= 0.3 is 0 Å². The van der Waals surface area contributed by atoms with Crippen LogP contribution in [-0.4, -0.2) is 0 Å². The maximum atomic E-state index is 3.65. The lowest BCUT2D eigenvalue weighted by atomic mass is 10.0. The van der Waals surface area contributed by atoms with Crippen LogP contribution < -0.4 is 5.32 Å². The van der Waals surface area contributed by atoms with Gasteiger partial charge in [0.25, 0.3) is 0 Å². The average Bonchev–Trinajstić information content (AvgIpc) is 2.46. The summed E-state index contributed by atoms with van der Waals surface area (Å²) >= 11 is 0. The van der Waals surface area contributed by atoms with Gasteiger partial charge in [-0.1, -0.05) is 50.5 Å². The van der Waals surface area contributed by atoms with Crippen LogP contribution in [0.25, 0.3) is 0 Å². The lowest BCUT2D eigenvalue weighted by molar-refractivity contribution is 0.667. The summed E-state index contributed by atoms with van der Waals surface area (Å²) in [6.45, 7) is 2.27.